The lowest BCUT2D eigenvalue weighted by Gasteiger charge is -2.34. The van der Waals surface area contributed by atoms with E-state index < -0.39 is 0 Å². The highest BCUT2D eigenvalue weighted by Gasteiger charge is 2.22. The van der Waals surface area contributed by atoms with Crippen LogP contribution < -0.4 is 4.74 Å². The summed E-state index contributed by atoms with van der Waals surface area (Å²) in [5, 5.41) is 0. The molecular formula is C27H36N2O3. The van der Waals surface area contributed by atoms with Gasteiger partial charge in [-0.2, -0.15) is 0 Å². The van der Waals surface area contributed by atoms with Crippen LogP contribution in [0.1, 0.15) is 48.2 Å². The fraction of sp³-hybridized carbons (Fsp3) is 0.444. The first kappa shape index (κ1) is 24.0. The van der Waals surface area contributed by atoms with Gasteiger partial charge in [0.1, 0.15) is 5.75 Å². The smallest absolute Gasteiger partial charge is 0.253 e. The van der Waals surface area contributed by atoms with Gasteiger partial charge >= 0.3 is 0 Å². The van der Waals surface area contributed by atoms with Crippen LogP contribution in [-0.2, 0) is 11.3 Å². The lowest BCUT2D eigenvalue weighted by atomic mass is 10.1. The van der Waals surface area contributed by atoms with Gasteiger partial charge in [0.15, 0.2) is 0 Å². The number of hydrogen-bond acceptors (Lipinski definition) is 4. The average molecular weight is 437 g/mol. The Morgan fingerprint density at radius 3 is 2.53 bits per heavy atom. The van der Waals surface area contributed by atoms with Gasteiger partial charge in [0, 0.05) is 50.5 Å². The maximum absolute atomic E-state index is 13.1. The molecule has 1 amide bonds. The zero-order chi connectivity index (χ0) is 22.6. The van der Waals surface area contributed by atoms with E-state index in [1.54, 1.807) is 0 Å². The van der Waals surface area contributed by atoms with Crippen LogP contribution in [0, 0.1) is 0 Å². The first-order valence-electron chi connectivity index (χ1n) is 11.8. The van der Waals surface area contributed by atoms with E-state index in [0.29, 0.717) is 18.8 Å². The minimum Gasteiger partial charge on any atom is -0.494 e. The number of benzene rings is 2. The van der Waals surface area contributed by atoms with Gasteiger partial charge in [0.05, 0.1) is 13.2 Å². The number of piperazine rings is 1. The molecule has 1 fully saturated rings. The molecule has 32 heavy (non-hydrogen) atoms. The number of unbranched alkanes of at least 4 members (excludes halogenated alkanes) is 1. The third-order valence-electron chi connectivity index (χ3n) is 5.64. The minimum absolute atomic E-state index is 0.0855. The Morgan fingerprint density at radius 2 is 1.81 bits per heavy atom. The molecule has 0 aliphatic carbocycles. The van der Waals surface area contributed by atoms with Crippen LogP contribution in [0.25, 0.3) is 6.08 Å². The number of hydrogen-bond donors (Lipinski definition) is 0. The maximum atomic E-state index is 13.1. The van der Waals surface area contributed by atoms with E-state index in [2.05, 4.69) is 36.1 Å². The zero-order valence-corrected chi connectivity index (χ0v) is 19.5. The maximum Gasteiger partial charge on any atom is 0.253 e. The van der Waals surface area contributed by atoms with Crippen LogP contribution >= 0.6 is 0 Å². The Hall–Kier alpha value is -2.63. The highest BCUT2D eigenvalue weighted by atomic mass is 16.5. The summed E-state index contributed by atoms with van der Waals surface area (Å²) in [5.41, 5.74) is 2.87. The molecule has 2 aromatic rings. The van der Waals surface area contributed by atoms with Crippen molar-refractivity contribution in [2.45, 2.75) is 33.3 Å². The number of carbonyl (C=O) groups is 1. The fourth-order valence-electron chi connectivity index (χ4n) is 3.77. The van der Waals surface area contributed by atoms with E-state index in [1.165, 1.54) is 5.56 Å². The highest BCUT2D eigenvalue weighted by molar-refractivity contribution is 5.94. The number of amides is 1. The van der Waals surface area contributed by atoms with E-state index in [-0.39, 0.29) is 5.91 Å². The molecule has 2 aromatic carbocycles. The Bertz CT molecular complexity index is 858. The van der Waals surface area contributed by atoms with Gasteiger partial charge in [-0.3, -0.25) is 9.69 Å². The van der Waals surface area contributed by atoms with Crippen LogP contribution in [0.3, 0.4) is 0 Å². The van der Waals surface area contributed by atoms with Gasteiger partial charge in [-0.15, -0.1) is 0 Å². The molecule has 0 unspecified atom stereocenters. The number of carbonyl (C=O) groups excluding carboxylic acids is 1. The Labute approximate surface area is 192 Å². The van der Waals surface area contributed by atoms with Gasteiger partial charge in [0.25, 0.3) is 5.91 Å². The Morgan fingerprint density at radius 1 is 1.03 bits per heavy atom. The summed E-state index contributed by atoms with van der Waals surface area (Å²) < 4.78 is 11.5. The van der Waals surface area contributed by atoms with Crippen LogP contribution in [0.15, 0.2) is 54.6 Å². The molecule has 0 aromatic heterocycles. The van der Waals surface area contributed by atoms with Crippen molar-refractivity contribution in [3.63, 3.8) is 0 Å². The third-order valence-corrected chi connectivity index (χ3v) is 5.64. The second-order valence-electron chi connectivity index (χ2n) is 8.07. The Balaban J connectivity index is 1.53. The summed E-state index contributed by atoms with van der Waals surface area (Å²) in [6.07, 6.45) is 6.49. The molecule has 0 radical (unpaired) electrons. The van der Waals surface area contributed by atoms with Crippen molar-refractivity contribution in [2.24, 2.45) is 0 Å². The van der Waals surface area contributed by atoms with Crippen LogP contribution in [0.5, 0.6) is 5.75 Å². The van der Waals surface area contributed by atoms with E-state index in [9.17, 15) is 4.79 Å². The molecule has 0 N–H and O–H groups in total. The first-order valence-corrected chi connectivity index (χ1v) is 11.8. The van der Waals surface area contributed by atoms with Crippen LogP contribution in [-0.4, -0.2) is 61.6 Å². The predicted molar refractivity (Wildman–Crippen MR) is 130 cm³/mol. The molecular weight excluding hydrogens is 400 g/mol. The van der Waals surface area contributed by atoms with E-state index in [4.69, 9.17) is 9.47 Å². The highest BCUT2D eigenvalue weighted by Crippen LogP contribution is 2.23. The molecule has 1 aliphatic heterocycles. The molecule has 172 valence electrons. The normalized spacial score (nSPS) is 14.8. The summed E-state index contributed by atoms with van der Waals surface area (Å²) in [4.78, 5) is 17.5. The third kappa shape index (κ3) is 7.21. The van der Waals surface area contributed by atoms with Crippen molar-refractivity contribution in [3.05, 3.63) is 71.3 Å². The van der Waals surface area contributed by atoms with Crippen molar-refractivity contribution in [3.8, 4) is 5.75 Å². The number of nitrogens with zero attached hydrogens (tertiary/aromatic N) is 2. The van der Waals surface area contributed by atoms with Gasteiger partial charge < -0.3 is 14.4 Å². The summed E-state index contributed by atoms with van der Waals surface area (Å²) in [7, 11) is 0. The molecule has 0 saturated carbocycles. The zero-order valence-electron chi connectivity index (χ0n) is 19.5. The molecule has 1 saturated heterocycles. The lowest BCUT2D eigenvalue weighted by Crippen LogP contribution is -2.48. The second kappa shape index (κ2) is 13.0. The minimum atomic E-state index is 0.0855. The van der Waals surface area contributed by atoms with Crippen LogP contribution in [0.4, 0.5) is 0 Å². The van der Waals surface area contributed by atoms with Crippen molar-refractivity contribution in [1.82, 2.24) is 9.80 Å². The lowest BCUT2D eigenvalue weighted by molar-refractivity contribution is 0.0649. The van der Waals surface area contributed by atoms with Gasteiger partial charge in [-0.1, -0.05) is 55.8 Å². The molecule has 5 heteroatoms. The quantitative estimate of drug-likeness (QED) is 0.471. The second-order valence-corrected chi connectivity index (χ2v) is 8.07. The first-order chi connectivity index (χ1) is 15.7. The summed E-state index contributed by atoms with van der Waals surface area (Å²) in [6, 6.07) is 16.0. The van der Waals surface area contributed by atoms with Gasteiger partial charge in [-0.05, 0) is 37.1 Å². The van der Waals surface area contributed by atoms with Crippen LogP contribution in [0.2, 0.25) is 0 Å². The molecule has 3 rings (SSSR count). The molecule has 0 atom stereocenters. The van der Waals surface area contributed by atoms with Gasteiger partial charge in [-0.25, -0.2) is 0 Å². The summed E-state index contributed by atoms with van der Waals surface area (Å²) >= 11 is 0. The predicted octanol–water partition coefficient (Wildman–Crippen LogP) is 4.87. The summed E-state index contributed by atoms with van der Waals surface area (Å²) in [5.74, 6) is 0.887. The molecule has 5 nitrogen and oxygen atoms in total. The van der Waals surface area contributed by atoms with Gasteiger partial charge in [0.2, 0.25) is 0 Å². The molecule has 1 aliphatic rings. The standard InChI is InChI=1S/C27H36N2O3/c1-3-5-20-31-22-25-21-24(13-14-26(25)32-4-2)27(30)29-18-16-28(17-19-29)15-9-12-23-10-7-6-8-11-23/h6-14,21H,3-5,15-20,22H2,1-2H3/b12-9+. The molecule has 1 heterocycles. The van der Waals surface area contributed by atoms with Crippen molar-refractivity contribution in [1.29, 1.82) is 0 Å². The van der Waals surface area contributed by atoms with E-state index >= 15 is 0 Å². The average Bonchev–Trinajstić information content (AvgIpc) is 2.83. The number of rotatable bonds is 11. The monoisotopic (exact) mass is 436 g/mol. The van der Waals surface area contributed by atoms with Crippen molar-refractivity contribution < 1.29 is 14.3 Å². The van der Waals surface area contributed by atoms with E-state index in [0.717, 1.165) is 63.5 Å². The Kier molecular flexibility index (Phi) is 9.79. The fourth-order valence-corrected chi connectivity index (χ4v) is 3.77. The van der Waals surface area contributed by atoms with Crippen molar-refractivity contribution >= 4 is 12.0 Å². The van der Waals surface area contributed by atoms with Crippen molar-refractivity contribution in [2.75, 3.05) is 45.9 Å². The summed E-state index contributed by atoms with van der Waals surface area (Å²) in [6.45, 7) is 10.1. The molecule has 0 spiro atoms. The number of ether oxygens (including phenoxy) is 2. The largest absolute Gasteiger partial charge is 0.494 e. The molecule has 0 bridgehead atoms. The SMILES string of the molecule is CCCCOCc1cc(C(=O)N2CCN(C/C=C/c3ccccc3)CC2)ccc1OCC. The van der Waals surface area contributed by atoms with E-state index in [1.807, 2.05) is 48.2 Å². The topological polar surface area (TPSA) is 42.0 Å².